The lowest BCUT2D eigenvalue weighted by molar-refractivity contribution is -0.138. The van der Waals surface area contributed by atoms with Gasteiger partial charge in [-0.15, -0.1) is 0 Å². The van der Waals surface area contributed by atoms with Gasteiger partial charge in [-0.05, 0) is 66.6 Å². The van der Waals surface area contributed by atoms with E-state index in [1.54, 1.807) is 23.9 Å². The van der Waals surface area contributed by atoms with E-state index in [0.29, 0.717) is 19.1 Å². The Kier molecular flexibility index (Phi) is 6.38. The van der Waals surface area contributed by atoms with Gasteiger partial charge in [-0.2, -0.15) is 0 Å². The molecule has 3 aromatic heterocycles. The van der Waals surface area contributed by atoms with Gasteiger partial charge < -0.3 is 19.4 Å². The monoisotopic (exact) mass is 495 g/mol. The van der Waals surface area contributed by atoms with Crippen LogP contribution in [0.5, 0.6) is 0 Å². The van der Waals surface area contributed by atoms with Gasteiger partial charge in [0.2, 0.25) is 5.91 Å². The van der Waals surface area contributed by atoms with Crippen molar-refractivity contribution in [1.82, 2.24) is 24.3 Å². The summed E-state index contributed by atoms with van der Waals surface area (Å²) in [7, 11) is 1.76. The average Bonchev–Trinajstić information content (AvgIpc) is 3.72. The molecule has 0 radical (unpaired) electrons. The van der Waals surface area contributed by atoms with Crippen LogP contribution in [-0.4, -0.2) is 44.1 Å². The van der Waals surface area contributed by atoms with E-state index in [-0.39, 0.29) is 23.3 Å². The molecule has 4 aromatic rings. The van der Waals surface area contributed by atoms with Crippen molar-refractivity contribution < 1.29 is 4.79 Å². The molecule has 1 N–H and O–H groups in total. The molecule has 6 rings (SSSR count). The summed E-state index contributed by atoms with van der Waals surface area (Å²) in [5.74, 6) is 0.0745. The number of benzene rings is 1. The molecular weight excluding hydrogens is 462 g/mol. The number of aromatic nitrogens is 3. The van der Waals surface area contributed by atoms with Crippen molar-refractivity contribution in [1.29, 1.82) is 0 Å². The maximum absolute atomic E-state index is 14.1. The van der Waals surface area contributed by atoms with Crippen molar-refractivity contribution in [3.05, 3.63) is 100 Å². The fraction of sp³-hybridized carbons (Fsp3) is 0.367. The minimum Gasteiger partial charge on any atom is -0.343 e. The van der Waals surface area contributed by atoms with Crippen LogP contribution in [0.1, 0.15) is 41.9 Å². The van der Waals surface area contributed by atoms with Gasteiger partial charge in [0, 0.05) is 74.5 Å². The molecule has 1 aromatic carbocycles. The number of piperidine rings is 1. The van der Waals surface area contributed by atoms with E-state index in [1.165, 1.54) is 16.5 Å². The smallest absolute Gasteiger partial charge is 0.250 e. The first kappa shape index (κ1) is 23.7. The number of para-hydroxylation sites is 1. The first-order chi connectivity index (χ1) is 18.1. The van der Waals surface area contributed by atoms with Crippen LogP contribution in [0, 0.1) is 5.92 Å². The van der Waals surface area contributed by atoms with E-state index in [1.807, 2.05) is 24.5 Å². The van der Waals surface area contributed by atoms with Crippen LogP contribution in [0.15, 0.2) is 78.1 Å². The summed E-state index contributed by atoms with van der Waals surface area (Å²) in [6, 6.07) is 16.5. The minimum absolute atomic E-state index is 0.0253. The predicted octanol–water partition coefficient (Wildman–Crippen LogP) is 3.67. The van der Waals surface area contributed by atoms with E-state index in [4.69, 9.17) is 0 Å². The first-order valence-electron chi connectivity index (χ1n) is 13.2. The molecule has 37 heavy (non-hydrogen) atoms. The summed E-state index contributed by atoms with van der Waals surface area (Å²) in [5, 5.41) is 4.63. The van der Waals surface area contributed by atoms with E-state index in [2.05, 4.69) is 56.3 Å². The number of fused-ring (bicyclic) bond motifs is 1. The number of nitrogens with one attached hydrogen (secondary N) is 1. The Bertz CT molecular complexity index is 1470. The molecule has 4 heterocycles. The van der Waals surface area contributed by atoms with E-state index < -0.39 is 0 Å². The van der Waals surface area contributed by atoms with Gasteiger partial charge in [0.25, 0.3) is 5.56 Å². The Labute approximate surface area is 216 Å². The zero-order chi connectivity index (χ0) is 25.4. The van der Waals surface area contributed by atoms with Gasteiger partial charge in [-0.1, -0.05) is 24.3 Å². The molecule has 1 aliphatic carbocycles. The molecule has 1 unspecified atom stereocenters. The van der Waals surface area contributed by atoms with Gasteiger partial charge in [-0.3, -0.25) is 14.6 Å². The maximum atomic E-state index is 14.1. The summed E-state index contributed by atoms with van der Waals surface area (Å²) >= 11 is 0. The molecular formula is C30H33N5O2. The van der Waals surface area contributed by atoms with Crippen molar-refractivity contribution in [2.45, 2.75) is 44.3 Å². The molecule has 2 atom stereocenters. The zero-order valence-corrected chi connectivity index (χ0v) is 21.2. The van der Waals surface area contributed by atoms with Crippen molar-refractivity contribution in [3.8, 4) is 0 Å². The number of carbonyl (C=O) groups is 1. The molecule has 2 fully saturated rings. The van der Waals surface area contributed by atoms with Crippen LogP contribution in [0.3, 0.4) is 0 Å². The minimum atomic E-state index is -0.176. The Balaban J connectivity index is 1.30. The summed E-state index contributed by atoms with van der Waals surface area (Å²) in [6.45, 7) is 2.84. The highest BCUT2D eigenvalue weighted by Gasteiger charge is 2.40. The molecule has 7 nitrogen and oxygen atoms in total. The van der Waals surface area contributed by atoms with E-state index in [0.717, 1.165) is 43.5 Å². The van der Waals surface area contributed by atoms with Crippen LogP contribution >= 0.6 is 0 Å². The fourth-order valence-corrected chi connectivity index (χ4v) is 5.75. The molecule has 1 saturated heterocycles. The van der Waals surface area contributed by atoms with E-state index >= 15 is 0 Å². The lowest BCUT2D eigenvalue weighted by Crippen LogP contribution is -2.47. The third-order valence-corrected chi connectivity index (χ3v) is 7.91. The largest absolute Gasteiger partial charge is 0.343 e. The van der Waals surface area contributed by atoms with Gasteiger partial charge >= 0.3 is 0 Å². The van der Waals surface area contributed by atoms with Crippen LogP contribution in [0.4, 0.5) is 0 Å². The summed E-state index contributed by atoms with van der Waals surface area (Å²) < 4.78 is 3.85. The zero-order valence-electron chi connectivity index (χ0n) is 21.2. The second-order valence-corrected chi connectivity index (χ2v) is 10.5. The third kappa shape index (κ3) is 4.83. The number of hydrogen-bond donors (Lipinski definition) is 1. The number of amides is 1. The van der Waals surface area contributed by atoms with Gasteiger partial charge in [0.15, 0.2) is 0 Å². The average molecular weight is 496 g/mol. The molecule has 2 aliphatic rings. The highest BCUT2D eigenvalue weighted by molar-refractivity contribution is 5.86. The number of rotatable bonds is 7. The van der Waals surface area contributed by atoms with Crippen LogP contribution in [0.2, 0.25) is 0 Å². The molecule has 190 valence electrons. The highest BCUT2D eigenvalue weighted by atomic mass is 16.2. The van der Waals surface area contributed by atoms with Gasteiger partial charge in [-0.25, -0.2) is 0 Å². The molecule has 0 spiro atoms. The number of hydrogen-bond acceptors (Lipinski definition) is 4. The Morgan fingerprint density at radius 3 is 2.78 bits per heavy atom. The standard InChI is InChI=1S/C30H33N5O2/c1-33-14-11-22(15-29(33)36)25-10-13-32-17-27(25)30(37)35(24-8-9-24)20-23-19-34(18-21-5-4-12-31-16-21)28-7-3-2-6-26(23)28/h2-7,11-12,14-16,19,24-25,27,32H,8-10,13,17-18,20H2,1H3/t25-,27?/m1/s1. The summed E-state index contributed by atoms with van der Waals surface area (Å²) in [6.07, 6.45) is 10.7. The first-order valence-corrected chi connectivity index (χ1v) is 13.2. The Hall–Kier alpha value is -3.71. The van der Waals surface area contributed by atoms with Crippen molar-refractivity contribution in [2.75, 3.05) is 13.1 Å². The number of nitrogens with zero attached hydrogens (tertiary/aromatic N) is 4. The molecule has 1 amide bonds. The molecule has 1 saturated carbocycles. The van der Waals surface area contributed by atoms with E-state index in [9.17, 15) is 9.59 Å². The van der Waals surface area contributed by atoms with Gasteiger partial charge in [0.1, 0.15) is 0 Å². The second kappa shape index (κ2) is 9.98. The Morgan fingerprint density at radius 1 is 1.14 bits per heavy atom. The Morgan fingerprint density at radius 2 is 2.00 bits per heavy atom. The van der Waals surface area contributed by atoms with Crippen LogP contribution in [-0.2, 0) is 24.9 Å². The number of aryl methyl sites for hydroxylation is 1. The molecule has 7 heteroatoms. The maximum Gasteiger partial charge on any atom is 0.250 e. The van der Waals surface area contributed by atoms with Crippen molar-refractivity contribution in [3.63, 3.8) is 0 Å². The van der Waals surface area contributed by atoms with Crippen molar-refractivity contribution >= 4 is 16.8 Å². The lowest BCUT2D eigenvalue weighted by Gasteiger charge is -2.35. The second-order valence-electron chi connectivity index (χ2n) is 10.5. The van der Waals surface area contributed by atoms with Gasteiger partial charge in [0.05, 0.1) is 5.92 Å². The van der Waals surface area contributed by atoms with Crippen molar-refractivity contribution in [2.24, 2.45) is 13.0 Å². The predicted molar refractivity (Wildman–Crippen MR) is 144 cm³/mol. The topological polar surface area (TPSA) is 72.2 Å². The van der Waals surface area contributed by atoms with Crippen LogP contribution < -0.4 is 10.9 Å². The quantitative estimate of drug-likeness (QED) is 0.425. The number of pyridine rings is 2. The lowest BCUT2D eigenvalue weighted by atomic mass is 9.80. The SMILES string of the molecule is Cn1ccc([C@H]2CCNCC2C(=O)N(Cc2cn(Cc3cccnc3)c3ccccc23)C2CC2)cc1=O. The normalized spacial score (nSPS) is 19.7. The fourth-order valence-electron chi connectivity index (χ4n) is 5.75. The highest BCUT2D eigenvalue weighted by Crippen LogP contribution is 2.36. The summed E-state index contributed by atoms with van der Waals surface area (Å²) in [4.78, 5) is 32.9. The third-order valence-electron chi connectivity index (χ3n) is 7.91. The summed E-state index contributed by atoms with van der Waals surface area (Å²) in [5.41, 5.74) is 4.44. The molecule has 1 aliphatic heterocycles. The van der Waals surface area contributed by atoms with Crippen LogP contribution in [0.25, 0.3) is 10.9 Å². The number of carbonyl (C=O) groups excluding carboxylic acids is 1. The molecule has 0 bridgehead atoms.